The second-order valence-electron chi connectivity index (χ2n) is 7.08. The van der Waals surface area contributed by atoms with Crippen molar-refractivity contribution < 1.29 is 14.5 Å². The fraction of sp³-hybridized carbons (Fsp3) is 0.300. The number of halogens is 2. The number of hydrogen-bond acceptors (Lipinski definition) is 4. The van der Waals surface area contributed by atoms with E-state index in [0.29, 0.717) is 18.5 Å². The predicted molar refractivity (Wildman–Crippen MR) is 113 cm³/mol. The highest BCUT2D eigenvalue weighted by atomic mass is 79.9. The van der Waals surface area contributed by atoms with Gasteiger partial charge < -0.3 is 0 Å². The van der Waals surface area contributed by atoms with Gasteiger partial charge in [0.25, 0.3) is 5.69 Å². The number of non-ortho nitro benzene ring substituents is 1. The number of hydrogen-bond donors (Lipinski definition) is 0. The van der Waals surface area contributed by atoms with Crippen LogP contribution in [0, 0.1) is 22.0 Å². The molecular weight excluding hydrogens is 492 g/mol. The molecule has 6 nitrogen and oxygen atoms in total. The topological polar surface area (TPSA) is 80.5 Å². The van der Waals surface area contributed by atoms with Crippen LogP contribution in [0.5, 0.6) is 0 Å². The van der Waals surface area contributed by atoms with E-state index in [4.69, 9.17) is 0 Å². The molecule has 4 atom stereocenters. The van der Waals surface area contributed by atoms with Gasteiger partial charge in [-0.3, -0.25) is 24.6 Å². The maximum absolute atomic E-state index is 12.9. The molecular formula is C20H16Br2N2O4. The quantitative estimate of drug-likeness (QED) is 0.261. The number of rotatable bonds is 3. The molecule has 0 aromatic heterocycles. The SMILES string of the molecule is O=C1[C@H]2C[C@@H](Br)[C@@H](Br)C[C@@H]2C(=O)N1c1ccc(-c2ccc([N+](=O)[O-])cc2)cc1. The van der Waals surface area contributed by atoms with Crippen molar-refractivity contribution in [3.05, 3.63) is 58.6 Å². The molecule has 4 rings (SSSR count). The number of nitro benzene ring substituents is 1. The standard InChI is InChI=1S/C20H16Br2N2O4/c21-17-9-15-16(10-18(17)22)20(26)23(19(15)25)13-5-1-11(2-6-13)12-3-7-14(8-4-12)24(27)28/h1-8,15-18H,9-10H2/t15-,16-,17-,18+/m0/s1. The van der Waals surface area contributed by atoms with E-state index in [1.165, 1.54) is 17.0 Å². The minimum Gasteiger partial charge on any atom is -0.274 e. The second-order valence-corrected chi connectivity index (χ2v) is 9.43. The van der Waals surface area contributed by atoms with Gasteiger partial charge in [0.2, 0.25) is 11.8 Å². The fourth-order valence-corrected chi connectivity index (χ4v) is 5.17. The highest BCUT2D eigenvalue weighted by Crippen LogP contribution is 2.44. The van der Waals surface area contributed by atoms with Crippen LogP contribution in [0.15, 0.2) is 48.5 Å². The molecule has 2 amide bonds. The third-order valence-corrected chi connectivity index (χ3v) is 8.18. The number of nitrogens with zero attached hydrogens (tertiary/aromatic N) is 2. The normalized spacial score (nSPS) is 27.0. The Morgan fingerprint density at radius 1 is 0.821 bits per heavy atom. The molecule has 0 radical (unpaired) electrons. The largest absolute Gasteiger partial charge is 0.274 e. The molecule has 0 N–H and O–H groups in total. The van der Waals surface area contributed by atoms with E-state index in [2.05, 4.69) is 31.9 Å². The number of fused-ring (bicyclic) bond motifs is 1. The summed E-state index contributed by atoms with van der Waals surface area (Å²) >= 11 is 7.18. The molecule has 1 saturated carbocycles. The zero-order chi connectivity index (χ0) is 20.0. The lowest BCUT2D eigenvalue weighted by atomic mass is 9.81. The molecule has 1 heterocycles. The maximum atomic E-state index is 12.9. The van der Waals surface area contributed by atoms with E-state index in [1.807, 2.05) is 12.1 Å². The number of amides is 2. The first-order valence-corrected chi connectivity index (χ1v) is 10.7. The minimum atomic E-state index is -0.439. The van der Waals surface area contributed by atoms with Gasteiger partial charge in [-0.1, -0.05) is 44.0 Å². The van der Waals surface area contributed by atoms with Gasteiger partial charge in [0.1, 0.15) is 0 Å². The summed E-state index contributed by atoms with van der Waals surface area (Å²) in [5, 5.41) is 10.8. The van der Waals surface area contributed by atoms with Crippen LogP contribution in [-0.4, -0.2) is 26.4 Å². The van der Waals surface area contributed by atoms with Crippen molar-refractivity contribution in [3.8, 4) is 11.1 Å². The van der Waals surface area contributed by atoms with E-state index in [-0.39, 0.29) is 39.0 Å². The van der Waals surface area contributed by atoms with Gasteiger partial charge in [0.15, 0.2) is 0 Å². The number of carbonyl (C=O) groups excluding carboxylic acids is 2. The smallest absolute Gasteiger partial charge is 0.269 e. The third-order valence-electron chi connectivity index (χ3n) is 5.45. The van der Waals surface area contributed by atoms with E-state index < -0.39 is 4.92 Å². The number of imide groups is 1. The van der Waals surface area contributed by atoms with Crippen molar-refractivity contribution >= 4 is 55.0 Å². The van der Waals surface area contributed by atoms with Gasteiger partial charge in [0.05, 0.1) is 22.4 Å². The Labute approximate surface area is 178 Å². The molecule has 0 spiro atoms. The third kappa shape index (κ3) is 3.28. The Bertz CT molecular complexity index is 918. The van der Waals surface area contributed by atoms with Crippen LogP contribution in [0.2, 0.25) is 0 Å². The first kappa shape index (κ1) is 19.3. The summed E-state index contributed by atoms with van der Waals surface area (Å²) in [5.74, 6) is -0.830. The molecule has 0 bridgehead atoms. The molecule has 0 unspecified atom stereocenters. The van der Waals surface area contributed by atoms with Crippen LogP contribution in [-0.2, 0) is 9.59 Å². The summed E-state index contributed by atoms with van der Waals surface area (Å²) in [4.78, 5) is 37.7. The summed E-state index contributed by atoms with van der Waals surface area (Å²) in [6, 6.07) is 13.4. The van der Waals surface area contributed by atoms with Crippen LogP contribution in [0.4, 0.5) is 11.4 Å². The Morgan fingerprint density at radius 3 is 1.68 bits per heavy atom. The van der Waals surface area contributed by atoms with Crippen LogP contribution in [0.25, 0.3) is 11.1 Å². The molecule has 28 heavy (non-hydrogen) atoms. The number of carbonyl (C=O) groups is 2. The van der Waals surface area contributed by atoms with Gasteiger partial charge in [0, 0.05) is 21.8 Å². The summed E-state index contributed by atoms with van der Waals surface area (Å²) in [5.41, 5.74) is 2.28. The monoisotopic (exact) mass is 506 g/mol. The lowest BCUT2D eigenvalue weighted by Crippen LogP contribution is -2.34. The molecule has 2 aromatic carbocycles. The number of benzene rings is 2. The van der Waals surface area contributed by atoms with Crippen molar-refractivity contribution in [2.75, 3.05) is 4.90 Å². The summed E-state index contributed by atoms with van der Waals surface area (Å²) in [6.07, 6.45) is 1.28. The van der Waals surface area contributed by atoms with Crippen molar-refractivity contribution in [1.82, 2.24) is 0 Å². The van der Waals surface area contributed by atoms with E-state index in [9.17, 15) is 19.7 Å². The lowest BCUT2D eigenvalue weighted by molar-refractivity contribution is -0.384. The minimum absolute atomic E-state index is 0.0337. The Balaban J connectivity index is 1.58. The van der Waals surface area contributed by atoms with E-state index in [0.717, 1.165) is 11.1 Å². The van der Waals surface area contributed by atoms with Gasteiger partial charge in [-0.05, 0) is 48.2 Å². The van der Waals surface area contributed by atoms with Crippen molar-refractivity contribution in [1.29, 1.82) is 0 Å². The zero-order valence-electron chi connectivity index (χ0n) is 14.6. The van der Waals surface area contributed by atoms with Crippen molar-refractivity contribution in [2.24, 2.45) is 11.8 Å². The van der Waals surface area contributed by atoms with Gasteiger partial charge in [-0.2, -0.15) is 0 Å². The van der Waals surface area contributed by atoms with Gasteiger partial charge in [-0.25, -0.2) is 0 Å². The van der Waals surface area contributed by atoms with Crippen molar-refractivity contribution in [3.63, 3.8) is 0 Å². The average molecular weight is 508 g/mol. The average Bonchev–Trinajstić information content (AvgIpc) is 2.92. The highest BCUT2D eigenvalue weighted by molar-refractivity contribution is 9.12. The molecule has 8 heteroatoms. The van der Waals surface area contributed by atoms with Crippen LogP contribution < -0.4 is 4.90 Å². The molecule has 1 aliphatic carbocycles. The molecule has 144 valence electrons. The zero-order valence-corrected chi connectivity index (χ0v) is 17.8. The Hall–Kier alpha value is -2.06. The lowest BCUT2D eigenvalue weighted by Gasteiger charge is -2.29. The molecule has 2 aliphatic rings. The van der Waals surface area contributed by atoms with Gasteiger partial charge >= 0.3 is 0 Å². The number of nitro groups is 1. The molecule has 2 aromatic rings. The predicted octanol–water partition coefficient (Wildman–Crippen LogP) is 4.69. The fourth-order valence-electron chi connectivity index (χ4n) is 3.93. The summed E-state index contributed by atoms with van der Waals surface area (Å²) in [7, 11) is 0. The first-order valence-electron chi connectivity index (χ1n) is 8.87. The molecule has 2 fully saturated rings. The number of anilines is 1. The summed E-state index contributed by atoms with van der Waals surface area (Å²) in [6.45, 7) is 0. The van der Waals surface area contributed by atoms with E-state index in [1.54, 1.807) is 24.3 Å². The van der Waals surface area contributed by atoms with Crippen LogP contribution in [0.1, 0.15) is 12.8 Å². The molecule has 1 saturated heterocycles. The summed E-state index contributed by atoms with van der Waals surface area (Å²) < 4.78 is 0. The first-order chi connectivity index (χ1) is 13.4. The Kier molecular flexibility index (Phi) is 5.09. The van der Waals surface area contributed by atoms with Crippen LogP contribution >= 0.6 is 31.9 Å². The van der Waals surface area contributed by atoms with Crippen molar-refractivity contribution in [2.45, 2.75) is 22.5 Å². The molecule has 1 aliphatic heterocycles. The Morgan fingerprint density at radius 2 is 1.25 bits per heavy atom. The van der Waals surface area contributed by atoms with Gasteiger partial charge in [-0.15, -0.1) is 0 Å². The second kappa shape index (κ2) is 7.40. The van der Waals surface area contributed by atoms with E-state index >= 15 is 0 Å². The highest BCUT2D eigenvalue weighted by Gasteiger charge is 2.52. The maximum Gasteiger partial charge on any atom is 0.269 e. The number of alkyl halides is 2. The van der Waals surface area contributed by atoms with Crippen LogP contribution in [0.3, 0.4) is 0 Å².